The molecule has 1 saturated heterocycles. The van der Waals surface area contributed by atoms with Gasteiger partial charge < -0.3 is 9.80 Å². The van der Waals surface area contributed by atoms with Crippen LogP contribution in [0.4, 0.5) is 11.4 Å². The summed E-state index contributed by atoms with van der Waals surface area (Å²) in [7, 11) is 0. The van der Waals surface area contributed by atoms with Crippen LogP contribution in [0.1, 0.15) is 0 Å². The van der Waals surface area contributed by atoms with Gasteiger partial charge in [-0.3, -0.25) is 9.59 Å². The first-order valence-corrected chi connectivity index (χ1v) is 9.81. The minimum absolute atomic E-state index is 0.262. The molecule has 0 unspecified atom stereocenters. The number of halogens is 2. The van der Waals surface area contributed by atoms with Gasteiger partial charge in [-0.2, -0.15) is 0 Å². The van der Waals surface area contributed by atoms with Gasteiger partial charge in [0, 0.05) is 47.4 Å². The number of hydrogen-bond acceptors (Lipinski definition) is 4. The van der Waals surface area contributed by atoms with Crippen molar-refractivity contribution in [3.8, 4) is 0 Å². The average molecular weight is 447 g/mol. The van der Waals surface area contributed by atoms with Gasteiger partial charge in [-0.1, -0.05) is 27.5 Å². The smallest absolute Gasteiger partial charge is 0.281 e. The minimum atomic E-state index is -0.294. The Kier molecular flexibility index (Phi) is 4.93. The number of hydrogen-bond donors (Lipinski definition) is 0. The molecule has 2 aliphatic rings. The molecule has 5 nitrogen and oxygen atoms in total. The highest BCUT2D eigenvalue weighted by molar-refractivity contribution is 9.10. The monoisotopic (exact) mass is 445 g/mol. The van der Waals surface area contributed by atoms with E-state index >= 15 is 0 Å². The summed E-state index contributed by atoms with van der Waals surface area (Å²) in [6, 6.07) is 14.9. The molecule has 2 aromatic rings. The number of rotatable bonds is 3. The predicted molar refractivity (Wildman–Crippen MR) is 110 cm³/mol. The van der Waals surface area contributed by atoms with Crippen LogP contribution in [0.3, 0.4) is 0 Å². The molecule has 1 fully saturated rings. The lowest BCUT2D eigenvalue weighted by Gasteiger charge is -2.37. The van der Waals surface area contributed by atoms with E-state index in [1.807, 2.05) is 41.3 Å². The summed E-state index contributed by atoms with van der Waals surface area (Å²) < 4.78 is 0.900. The largest absolute Gasteiger partial charge is 0.368 e. The molecule has 7 heteroatoms. The maximum absolute atomic E-state index is 12.8. The minimum Gasteiger partial charge on any atom is -0.368 e. The van der Waals surface area contributed by atoms with Crippen molar-refractivity contribution in [1.29, 1.82) is 0 Å². The predicted octanol–water partition coefficient (Wildman–Crippen LogP) is 3.68. The number of imide groups is 1. The van der Waals surface area contributed by atoms with Crippen LogP contribution in [0.5, 0.6) is 0 Å². The lowest BCUT2D eigenvalue weighted by atomic mass is 10.2. The molecule has 0 aliphatic carbocycles. The van der Waals surface area contributed by atoms with E-state index in [4.69, 9.17) is 11.6 Å². The van der Waals surface area contributed by atoms with Crippen LogP contribution in [0.15, 0.2) is 64.8 Å². The van der Waals surface area contributed by atoms with E-state index in [1.54, 1.807) is 12.1 Å². The SMILES string of the molecule is O=C1C=C(N2CCN(c3ccc(Cl)cc3)CC2)C(=O)N1c1ccc(Br)cc1. The first-order valence-electron chi connectivity index (χ1n) is 8.64. The van der Waals surface area contributed by atoms with Gasteiger partial charge in [0.1, 0.15) is 5.70 Å². The Morgan fingerprint density at radius 2 is 1.33 bits per heavy atom. The van der Waals surface area contributed by atoms with Gasteiger partial charge in [-0.25, -0.2) is 4.90 Å². The summed E-state index contributed by atoms with van der Waals surface area (Å²) in [6.45, 7) is 2.92. The average Bonchev–Trinajstić information content (AvgIpc) is 2.98. The third kappa shape index (κ3) is 3.59. The number of nitrogens with zero attached hydrogens (tertiary/aromatic N) is 3. The number of carbonyl (C=O) groups is 2. The van der Waals surface area contributed by atoms with Crippen molar-refractivity contribution in [1.82, 2.24) is 4.90 Å². The van der Waals surface area contributed by atoms with Gasteiger partial charge in [-0.15, -0.1) is 0 Å². The molecule has 0 N–H and O–H groups in total. The molecule has 0 radical (unpaired) electrons. The Labute approximate surface area is 170 Å². The fraction of sp³-hybridized carbons (Fsp3) is 0.200. The molecule has 4 rings (SSSR count). The Bertz CT molecular complexity index is 904. The first-order chi connectivity index (χ1) is 13.0. The summed E-state index contributed by atoms with van der Waals surface area (Å²) in [5.74, 6) is -0.556. The zero-order valence-electron chi connectivity index (χ0n) is 14.4. The normalized spacial score (nSPS) is 17.6. The van der Waals surface area contributed by atoms with E-state index < -0.39 is 0 Å². The summed E-state index contributed by atoms with van der Waals surface area (Å²) in [4.78, 5) is 30.7. The molecular formula is C20H17BrClN3O2. The van der Waals surface area contributed by atoms with E-state index in [1.165, 1.54) is 11.0 Å². The van der Waals surface area contributed by atoms with Crippen LogP contribution in [-0.4, -0.2) is 42.9 Å². The van der Waals surface area contributed by atoms with Crippen LogP contribution in [0.25, 0.3) is 0 Å². The molecule has 2 aliphatic heterocycles. The number of amides is 2. The van der Waals surface area contributed by atoms with Crippen LogP contribution in [0, 0.1) is 0 Å². The summed E-state index contributed by atoms with van der Waals surface area (Å²) in [5, 5.41) is 0.714. The molecule has 2 amide bonds. The van der Waals surface area contributed by atoms with Crippen molar-refractivity contribution in [3.05, 3.63) is 69.8 Å². The third-order valence-electron chi connectivity index (χ3n) is 4.80. The lowest BCUT2D eigenvalue weighted by Crippen LogP contribution is -2.47. The fourth-order valence-corrected chi connectivity index (χ4v) is 3.77. The molecule has 27 heavy (non-hydrogen) atoms. The van der Waals surface area contributed by atoms with Gasteiger partial charge in [0.15, 0.2) is 0 Å². The number of carbonyl (C=O) groups excluding carboxylic acids is 2. The van der Waals surface area contributed by atoms with Crippen molar-refractivity contribution in [3.63, 3.8) is 0 Å². The van der Waals surface area contributed by atoms with Gasteiger partial charge in [0.2, 0.25) is 0 Å². The first kappa shape index (κ1) is 18.1. The Hall–Kier alpha value is -2.31. The number of piperazine rings is 1. The molecule has 2 heterocycles. The lowest BCUT2D eigenvalue weighted by molar-refractivity contribution is -0.120. The molecule has 0 bridgehead atoms. The zero-order chi connectivity index (χ0) is 19.0. The van der Waals surface area contributed by atoms with E-state index in [-0.39, 0.29) is 11.8 Å². The Morgan fingerprint density at radius 1 is 0.778 bits per heavy atom. The van der Waals surface area contributed by atoms with Crippen molar-refractivity contribution in [2.45, 2.75) is 0 Å². The van der Waals surface area contributed by atoms with E-state index in [0.717, 1.165) is 23.2 Å². The standard InChI is InChI=1S/C20H17BrClN3O2/c21-14-1-5-17(6-2-14)25-19(26)13-18(20(25)27)24-11-9-23(10-12-24)16-7-3-15(22)4-8-16/h1-8,13H,9-12H2. The summed E-state index contributed by atoms with van der Waals surface area (Å²) >= 11 is 9.32. The topological polar surface area (TPSA) is 43.9 Å². The fourth-order valence-electron chi connectivity index (χ4n) is 3.38. The highest BCUT2D eigenvalue weighted by Crippen LogP contribution is 2.27. The maximum Gasteiger partial charge on any atom is 0.281 e. The van der Waals surface area contributed by atoms with Crippen LogP contribution >= 0.6 is 27.5 Å². The van der Waals surface area contributed by atoms with Crippen LogP contribution < -0.4 is 9.80 Å². The van der Waals surface area contributed by atoms with E-state index in [9.17, 15) is 9.59 Å². The highest BCUT2D eigenvalue weighted by Gasteiger charge is 2.36. The van der Waals surface area contributed by atoms with Gasteiger partial charge in [0.25, 0.3) is 11.8 Å². The van der Waals surface area contributed by atoms with Crippen LogP contribution in [0.2, 0.25) is 5.02 Å². The molecule has 0 spiro atoms. The third-order valence-corrected chi connectivity index (χ3v) is 5.58. The molecule has 138 valence electrons. The second kappa shape index (κ2) is 7.37. The quantitative estimate of drug-likeness (QED) is 0.675. The Morgan fingerprint density at radius 3 is 1.96 bits per heavy atom. The maximum atomic E-state index is 12.8. The van der Waals surface area contributed by atoms with Crippen molar-refractivity contribution in [2.75, 3.05) is 36.0 Å². The molecule has 0 saturated carbocycles. The molecule has 2 aromatic carbocycles. The van der Waals surface area contributed by atoms with Crippen molar-refractivity contribution in [2.24, 2.45) is 0 Å². The highest BCUT2D eigenvalue weighted by atomic mass is 79.9. The second-order valence-corrected chi connectivity index (χ2v) is 7.79. The summed E-state index contributed by atoms with van der Waals surface area (Å²) in [5.41, 5.74) is 2.16. The second-order valence-electron chi connectivity index (χ2n) is 6.44. The van der Waals surface area contributed by atoms with Crippen molar-refractivity contribution >= 4 is 50.7 Å². The molecular weight excluding hydrogens is 430 g/mol. The van der Waals surface area contributed by atoms with Gasteiger partial charge in [0.05, 0.1) is 5.69 Å². The number of anilines is 2. The zero-order valence-corrected chi connectivity index (χ0v) is 16.8. The van der Waals surface area contributed by atoms with E-state index in [2.05, 4.69) is 20.8 Å². The van der Waals surface area contributed by atoms with E-state index in [0.29, 0.717) is 29.5 Å². The van der Waals surface area contributed by atoms with Gasteiger partial charge in [-0.05, 0) is 48.5 Å². The summed E-state index contributed by atoms with van der Waals surface area (Å²) in [6.07, 6.45) is 1.45. The van der Waals surface area contributed by atoms with Crippen molar-refractivity contribution < 1.29 is 9.59 Å². The molecule has 0 atom stereocenters. The van der Waals surface area contributed by atoms with Gasteiger partial charge >= 0.3 is 0 Å². The molecule has 0 aromatic heterocycles. The Balaban J connectivity index is 1.45. The number of benzene rings is 2. The van der Waals surface area contributed by atoms with Crippen LogP contribution in [-0.2, 0) is 9.59 Å².